The standard InChI is InChI=1S/C21H27NO3/c1-2-3-4-5-6-10-15-25-21(24)17-13-14-19(20(23)16-17)22-18-11-8-7-9-12-18/h7-9,11-14,16,22-23H,2-6,10,15H2,1H3. The molecule has 0 saturated carbocycles. The smallest absolute Gasteiger partial charge is 0.338 e. The second-order valence-electron chi connectivity index (χ2n) is 6.13. The molecule has 134 valence electrons. The summed E-state index contributed by atoms with van der Waals surface area (Å²) in [6.07, 6.45) is 6.89. The van der Waals surface area contributed by atoms with Crippen molar-refractivity contribution in [2.75, 3.05) is 11.9 Å². The molecule has 0 radical (unpaired) electrons. The van der Waals surface area contributed by atoms with E-state index in [4.69, 9.17) is 4.74 Å². The van der Waals surface area contributed by atoms with Gasteiger partial charge in [0.1, 0.15) is 5.75 Å². The van der Waals surface area contributed by atoms with E-state index in [1.54, 1.807) is 12.1 Å². The molecule has 0 aliphatic carbocycles. The molecule has 2 aromatic carbocycles. The van der Waals surface area contributed by atoms with E-state index in [1.165, 1.54) is 31.7 Å². The Morgan fingerprint density at radius 2 is 1.72 bits per heavy atom. The van der Waals surface area contributed by atoms with Crippen molar-refractivity contribution in [1.82, 2.24) is 0 Å². The van der Waals surface area contributed by atoms with Crippen molar-refractivity contribution in [3.05, 3.63) is 54.1 Å². The van der Waals surface area contributed by atoms with Gasteiger partial charge in [-0.05, 0) is 36.8 Å². The van der Waals surface area contributed by atoms with E-state index in [1.807, 2.05) is 30.3 Å². The third-order valence-electron chi connectivity index (χ3n) is 4.02. The summed E-state index contributed by atoms with van der Waals surface area (Å²) in [4.78, 5) is 12.0. The van der Waals surface area contributed by atoms with E-state index in [0.29, 0.717) is 17.9 Å². The monoisotopic (exact) mass is 341 g/mol. The highest BCUT2D eigenvalue weighted by Gasteiger charge is 2.10. The van der Waals surface area contributed by atoms with Gasteiger partial charge in [-0.3, -0.25) is 0 Å². The molecular formula is C21H27NO3. The average Bonchev–Trinajstić information content (AvgIpc) is 2.63. The number of rotatable bonds is 10. The van der Waals surface area contributed by atoms with Gasteiger partial charge in [0.05, 0.1) is 17.9 Å². The highest BCUT2D eigenvalue weighted by Crippen LogP contribution is 2.27. The first kappa shape index (κ1) is 18.8. The first-order valence-electron chi connectivity index (χ1n) is 9.03. The van der Waals surface area contributed by atoms with E-state index in [0.717, 1.165) is 18.5 Å². The van der Waals surface area contributed by atoms with Crippen molar-refractivity contribution >= 4 is 17.3 Å². The fraction of sp³-hybridized carbons (Fsp3) is 0.381. The van der Waals surface area contributed by atoms with Gasteiger partial charge in [0.25, 0.3) is 0 Å². The number of benzene rings is 2. The molecule has 0 bridgehead atoms. The van der Waals surface area contributed by atoms with E-state index in [2.05, 4.69) is 12.2 Å². The van der Waals surface area contributed by atoms with Gasteiger partial charge in [-0.1, -0.05) is 57.2 Å². The van der Waals surface area contributed by atoms with Gasteiger partial charge in [0.2, 0.25) is 0 Å². The molecule has 4 heteroatoms. The van der Waals surface area contributed by atoms with Crippen molar-refractivity contribution in [3.8, 4) is 5.75 Å². The Bertz CT molecular complexity index is 655. The minimum atomic E-state index is -0.393. The normalized spacial score (nSPS) is 10.4. The van der Waals surface area contributed by atoms with Gasteiger partial charge >= 0.3 is 5.97 Å². The van der Waals surface area contributed by atoms with Crippen LogP contribution in [0.3, 0.4) is 0 Å². The summed E-state index contributed by atoms with van der Waals surface area (Å²) in [5.41, 5.74) is 1.79. The number of carbonyl (C=O) groups excluding carboxylic acids is 1. The van der Waals surface area contributed by atoms with Crippen molar-refractivity contribution in [3.63, 3.8) is 0 Å². The predicted molar refractivity (Wildman–Crippen MR) is 101 cm³/mol. The van der Waals surface area contributed by atoms with Crippen molar-refractivity contribution < 1.29 is 14.6 Å². The number of carbonyl (C=O) groups is 1. The lowest BCUT2D eigenvalue weighted by molar-refractivity contribution is 0.0497. The SMILES string of the molecule is CCCCCCCCOC(=O)c1ccc(Nc2ccccc2)c(O)c1. The maximum atomic E-state index is 12.0. The third kappa shape index (κ3) is 6.49. The molecule has 0 aliphatic heterocycles. The van der Waals surface area contributed by atoms with Crippen LogP contribution in [0.5, 0.6) is 5.75 Å². The third-order valence-corrected chi connectivity index (χ3v) is 4.02. The number of para-hydroxylation sites is 1. The molecule has 0 atom stereocenters. The van der Waals surface area contributed by atoms with Crippen LogP contribution < -0.4 is 5.32 Å². The fourth-order valence-corrected chi connectivity index (χ4v) is 2.57. The highest BCUT2D eigenvalue weighted by atomic mass is 16.5. The van der Waals surface area contributed by atoms with Crippen LogP contribution in [0.1, 0.15) is 55.8 Å². The molecule has 2 rings (SSSR count). The number of phenols is 1. The zero-order valence-corrected chi connectivity index (χ0v) is 14.8. The average molecular weight is 341 g/mol. The number of anilines is 2. The Balaban J connectivity index is 1.80. The summed E-state index contributed by atoms with van der Waals surface area (Å²) in [6.45, 7) is 2.62. The minimum absolute atomic E-state index is 0.0258. The maximum absolute atomic E-state index is 12.0. The zero-order valence-electron chi connectivity index (χ0n) is 14.8. The largest absolute Gasteiger partial charge is 0.506 e. The Morgan fingerprint density at radius 1 is 1.00 bits per heavy atom. The molecule has 2 aromatic rings. The van der Waals surface area contributed by atoms with Gasteiger partial charge < -0.3 is 15.2 Å². The Hall–Kier alpha value is -2.49. The number of nitrogens with one attached hydrogen (secondary N) is 1. The Labute approximate surface area is 149 Å². The van der Waals surface area contributed by atoms with E-state index < -0.39 is 5.97 Å². The molecule has 0 saturated heterocycles. The first-order valence-corrected chi connectivity index (χ1v) is 9.03. The number of unbranched alkanes of at least 4 members (excludes halogenated alkanes) is 5. The van der Waals surface area contributed by atoms with Crippen LogP contribution in [0.25, 0.3) is 0 Å². The van der Waals surface area contributed by atoms with E-state index in [9.17, 15) is 9.90 Å². The maximum Gasteiger partial charge on any atom is 0.338 e. The van der Waals surface area contributed by atoms with Gasteiger partial charge in [-0.25, -0.2) is 4.79 Å². The van der Waals surface area contributed by atoms with Gasteiger partial charge in [-0.2, -0.15) is 0 Å². The molecule has 4 nitrogen and oxygen atoms in total. The number of hydrogen-bond acceptors (Lipinski definition) is 4. The topological polar surface area (TPSA) is 58.6 Å². The molecule has 0 aromatic heterocycles. The summed E-state index contributed by atoms with van der Waals surface area (Å²) in [6, 6.07) is 14.3. The lowest BCUT2D eigenvalue weighted by Crippen LogP contribution is -2.06. The van der Waals surface area contributed by atoms with Gasteiger partial charge in [0.15, 0.2) is 0 Å². The van der Waals surface area contributed by atoms with Crippen LogP contribution >= 0.6 is 0 Å². The summed E-state index contributed by atoms with van der Waals surface area (Å²) in [7, 11) is 0. The Kier molecular flexibility index (Phi) is 7.83. The molecule has 0 aliphatic rings. The van der Waals surface area contributed by atoms with Crippen LogP contribution in [0.15, 0.2) is 48.5 Å². The number of hydrogen-bond donors (Lipinski definition) is 2. The summed E-state index contributed by atoms with van der Waals surface area (Å²) in [5.74, 6) is -0.368. The van der Waals surface area contributed by atoms with Crippen molar-refractivity contribution in [2.45, 2.75) is 45.4 Å². The lowest BCUT2D eigenvalue weighted by atomic mass is 10.1. The molecule has 25 heavy (non-hydrogen) atoms. The number of ether oxygens (including phenoxy) is 1. The van der Waals surface area contributed by atoms with Gasteiger partial charge in [-0.15, -0.1) is 0 Å². The molecule has 0 spiro atoms. The number of aromatic hydroxyl groups is 1. The fourth-order valence-electron chi connectivity index (χ4n) is 2.57. The summed E-state index contributed by atoms with van der Waals surface area (Å²) >= 11 is 0. The van der Waals surface area contributed by atoms with Crippen LogP contribution in [0, 0.1) is 0 Å². The second kappa shape index (κ2) is 10.4. The van der Waals surface area contributed by atoms with Crippen LogP contribution in [-0.4, -0.2) is 17.7 Å². The van der Waals surface area contributed by atoms with Crippen molar-refractivity contribution in [2.24, 2.45) is 0 Å². The van der Waals surface area contributed by atoms with Crippen LogP contribution in [0.2, 0.25) is 0 Å². The Morgan fingerprint density at radius 3 is 2.44 bits per heavy atom. The van der Waals surface area contributed by atoms with Crippen molar-refractivity contribution in [1.29, 1.82) is 0 Å². The summed E-state index contributed by atoms with van der Waals surface area (Å²) < 4.78 is 5.28. The first-order chi connectivity index (χ1) is 12.2. The minimum Gasteiger partial charge on any atom is -0.506 e. The quantitative estimate of drug-likeness (QED) is 0.333. The molecule has 0 heterocycles. The zero-order chi connectivity index (χ0) is 17.9. The second-order valence-corrected chi connectivity index (χ2v) is 6.13. The number of phenolic OH excluding ortho intramolecular Hbond substituents is 1. The molecule has 2 N–H and O–H groups in total. The molecule has 0 fully saturated rings. The van der Waals surface area contributed by atoms with Crippen LogP contribution in [-0.2, 0) is 4.74 Å². The van der Waals surface area contributed by atoms with Crippen LogP contribution in [0.4, 0.5) is 11.4 Å². The molecule has 0 amide bonds. The van der Waals surface area contributed by atoms with Gasteiger partial charge in [0, 0.05) is 5.69 Å². The predicted octanol–water partition coefficient (Wildman–Crippen LogP) is 5.65. The molecule has 0 unspecified atom stereocenters. The van der Waals surface area contributed by atoms with E-state index >= 15 is 0 Å². The highest BCUT2D eigenvalue weighted by molar-refractivity contribution is 5.91. The summed E-state index contributed by atoms with van der Waals surface area (Å²) in [5, 5.41) is 13.2. The molecular weight excluding hydrogens is 314 g/mol. The lowest BCUT2D eigenvalue weighted by Gasteiger charge is -2.10. The van der Waals surface area contributed by atoms with E-state index in [-0.39, 0.29) is 5.75 Å². The number of esters is 1.